The number of hydrogen-bond acceptors (Lipinski definition) is 4. The number of piperazine rings is 1. The van der Waals surface area contributed by atoms with Gasteiger partial charge in [0.25, 0.3) is 5.91 Å². The Bertz CT molecular complexity index is 541. The van der Waals surface area contributed by atoms with Crippen molar-refractivity contribution < 1.29 is 19.5 Å². The molecule has 20 heavy (non-hydrogen) atoms. The number of aliphatic carboxylic acids is 1. The van der Waals surface area contributed by atoms with Crippen LogP contribution in [0, 0.1) is 0 Å². The number of carboxylic acids is 1. The molecule has 0 saturated carbocycles. The van der Waals surface area contributed by atoms with Gasteiger partial charge in [0.15, 0.2) is 0 Å². The van der Waals surface area contributed by atoms with Crippen molar-refractivity contribution in [3.05, 3.63) is 29.8 Å². The van der Waals surface area contributed by atoms with Crippen molar-refractivity contribution in [2.24, 2.45) is 0 Å². The van der Waals surface area contributed by atoms with Crippen LogP contribution in [0.25, 0.3) is 0 Å². The topological polar surface area (TPSA) is 113 Å². The summed E-state index contributed by atoms with van der Waals surface area (Å²) in [6.45, 7) is 0.600. The highest BCUT2D eigenvalue weighted by Crippen LogP contribution is 2.15. The number of nitrogen functional groups attached to an aromatic ring is 1. The summed E-state index contributed by atoms with van der Waals surface area (Å²) in [5.41, 5.74) is 6.46. The van der Waals surface area contributed by atoms with E-state index in [0.717, 1.165) is 0 Å². The van der Waals surface area contributed by atoms with Crippen molar-refractivity contribution in [3.63, 3.8) is 0 Å². The highest BCUT2D eigenvalue weighted by atomic mass is 16.4. The van der Waals surface area contributed by atoms with E-state index in [1.807, 2.05) is 0 Å². The second-order valence-corrected chi connectivity index (χ2v) is 4.53. The number of anilines is 1. The van der Waals surface area contributed by atoms with E-state index < -0.39 is 24.3 Å². The van der Waals surface area contributed by atoms with E-state index >= 15 is 0 Å². The first-order chi connectivity index (χ1) is 9.49. The van der Waals surface area contributed by atoms with Gasteiger partial charge < -0.3 is 21.1 Å². The number of nitrogens with one attached hydrogen (secondary N) is 1. The summed E-state index contributed by atoms with van der Waals surface area (Å²) in [5.74, 6) is -1.93. The van der Waals surface area contributed by atoms with E-state index in [1.54, 1.807) is 24.3 Å². The van der Waals surface area contributed by atoms with Gasteiger partial charge in [0.1, 0.15) is 6.04 Å². The van der Waals surface area contributed by atoms with Crippen LogP contribution in [0.5, 0.6) is 0 Å². The molecule has 1 aromatic carbocycles. The average Bonchev–Trinajstić information content (AvgIpc) is 2.41. The molecule has 1 atom stereocenters. The van der Waals surface area contributed by atoms with Crippen molar-refractivity contribution in [2.75, 3.05) is 18.8 Å². The summed E-state index contributed by atoms with van der Waals surface area (Å²) in [7, 11) is 0. The van der Waals surface area contributed by atoms with Crippen LogP contribution >= 0.6 is 0 Å². The molecule has 106 valence electrons. The van der Waals surface area contributed by atoms with Gasteiger partial charge in [-0.15, -0.1) is 0 Å². The van der Waals surface area contributed by atoms with Crippen LogP contribution in [0.3, 0.4) is 0 Å². The third kappa shape index (κ3) is 2.87. The Morgan fingerprint density at radius 2 is 2.00 bits per heavy atom. The van der Waals surface area contributed by atoms with Crippen LogP contribution in [-0.2, 0) is 9.59 Å². The summed E-state index contributed by atoms with van der Waals surface area (Å²) in [6.07, 6.45) is -0.410. The predicted octanol–water partition coefficient (Wildman–Crippen LogP) is -0.316. The van der Waals surface area contributed by atoms with Crippen LogP contribution in [0.15, 0.2) is 24.3 Å². The van der Waals surface area contributed by atoms with E-state index in [2.05, 4.69) is 5.32 Å². The first kappa shape index (κ1) is 13.9. The maximum atomic E-state index is 12.4. The SMILES string of the molecule is Nc1ccc(C(=O)N2CCNC(=O)C2CC(=O)O)cc1. The highest BCUT2D eigenvalue weighted by Gasteiger charge is 2.34. The number of carboxylic acid groups (broad SMARTS) is 1. The monoisotopic (exact) mass is 277 g/mol. The van der Waals surface area contributed by atoms with Crippen LogP contribution < -0.4 is 11.1 Å². The van der Waals surface area contributed by atoms with Gasteiger partial charge in [0, 0.05) is 24.3 Å². The third-order valence-electron chi connectivity index (χ3n) is 3.12. The Balaban J connectivity index is 2.23. The zero-order valence-corrected chi connectivity index (χ0v) is 10.7. The molecule has 1 aromatic rings. The molecular formula is C13H15N3O4. The molecule has 0 aromatic heterocycles. The number of nitrogens with two attached hydrogens (primary N) is 1. The van der Waals surface area contributed by atoms with Gasteiger partial charge in [-0.3, -0.25) is 14.4 Å². The second kappa shape index (κ2) is 5.60. The molecule has 1 saturated heterocycles. The van der Waals surface area contributed by atoms with Crippen molar-refractivity contribution in [1.29, 1.82) is 0 Å². The average molecular weight is 277 g/mol. The van der Waals surface area contributed by atoms with Crippen molar-refractivity contribution in [1.82, 2.24) is 10.2 Å². The number of carbonyl (C=O) groups is 3. The lowest BCUT2D eigenvalue weighted by Crippen LogP contribution is -2.57. The van der Waals surface area contributed by atoms with Crippen LogP contribution in [-0.4, -0.2) is 46.9 Å². The maximum absolute atomic E-state index is 12.4. The number of amides is 2. The number of nitrogens with zero attached hydrogens (tertiary/aromatic N) is 1. The zero-order valence-electron chi connectivity index (χ0n) is 10.7. The van der Waals surface area contributed by atoms with Crippen LogP contribution in [0.1, 0.15) is 16.8 Å². The van der Waals surface area contributed by atoms with Gasteiger partial charge in [0.05, 0.1) is 6.42 Å². The molecule has 0 radical (unpaired) electrons. The predicted molar refractivity (Wildman–Crippen MR) is 70.9 cm³/mol. The summed E-state index contributed by atoms with van der Waals surface area (Å²) >= 11 is 0. The van der Waals surface area contributed by atoms with Gasteiger partial charge in [-0.05, 0) is 24.3 Å². The Hall–Kier alpha value is -2.57. The van der Waals surface area contributed by atoms with Gasteiger partial charge >= 0.3 is 5.97 Å². The fourth-order valence-corrected chi connectivity index (χ4v) is 2.12. The molecule has 1 unspecified atom stereocenters. The molecule has 0 spiro atoms. The number of carbonyl (C=O) groups excluding carboxylic acids is 2. The van der Waals surface area contributed by atoms with E-state index in [-0.39, 0.29) is 12.5 Å². The summed E-state index contributed by atoms with van der Waals surface area (Å²) in [6, 6.07) is 5.31. The third-order valence-corrected chi connectivity index (χ3v) is 3.12. The minimum absolute atomic E-state index is 0.285. The zero-order chi connectivity index (χ0) is 14.7. The summed E-state index contributed by atoms with van der Waals surface area (Å²) < 4.78 is 0. The van der Waals surface area contributed by atoms with Gasteiger partial charge in [-0.1, -0.05) is 0 Å². The number of benzene rings is 1. The van der Waals surface area contributed by atoms with Crippen molar-refractivity contribution in [2.45, 2.75) is 12.5 Å². The van der Waals surface area contributed by atoms with E-state index in [0.29, 0.717) is 17.8 Å². The first-order valence-electron chi connectivity index (χ1n) is 6.15. The lowest BCUT2D eigenvalue weighted by Gasteiger charge is -2.34. The highest BCUT2D eigenvalue weighted by molar-refractivity contribution is 5.99. The number of hydrogen-bond donors (Lipinski definition) is 3. The fraction of sp³-hybridized carbons (Fsp3) is 0.308. The van der Waals surface area contributed by atoms with Crippen molar-refractivity contribution in [3.8, 4) is 0 Å². The molecule has 0 bridgehead atoms. The Morgan fingerprint density at radius 3 is 2.60 bits per heavy atom. The van der Waals surface area contributed by atoms with Crippen LogP contribution in [0.2, 0.25) is 0 Å². The molecule has 7 nitrogen and oxygen atoms in total. The summed E-state index contributed by atoms with van der Waals surface area (Å²) in [5, 5.41) is 11.4. The Morgan fingerprint density at radius 1 is 1.35 bits per heavy atom. The quantitative estimate of drug-likeness (QED) is 0.656. The van der Waals surface area contributed by atoms with E-state index in [9.17, 15) is 14.4 Å². The molecule has 0 aliphatic carbocycles. The van der Waals surface area contributed by atoms with Gasteiger partial charge in [-0.2, -0.15) is 0 Å². The van der Waals surface area contributed by atoms with Gasteiger partial charge in [0.2, 0.25) is 5.91 Å². The molecule has 4 N–H and O–H groups in total. The van der Waals surface area contributed by atoms with Crippen molar-refractivity contribution >= 4 is 23.5 Å². The molecule has 1 aliphatic rings. The standard InChI is InChI=1S/C13H15N3O4/c14-9-3-1-8(2-4-9)13(20)16-6-5-15-12(19)10(16)7-11(17)18/h1-4,10H,5-7,14H2,(H,15,19)(H,17,18). The Labute approximate surface area is 115 Å². The fourth-order valence-electron chi connectivity index (χ4n) is 2.12. The maximum Gasteiger partial charge on any atom is 0.305 e. The number of rotatable bonds is 3. The lowest BCUT2D eigenvalue weighted by molar-refractivity contribution is -0.142. The lowest BCUT2D eigenvalue weighted by atomic mass is 10.1. The summed E-state index contributed by atoms with van der Waals surface area (Å²) in [4.78, 5) is 36.2. The Kier molecular flexibility index (Phi) is 3.88. The minimum atomic E-state index is -1.12. The largest absolute Gasteiger partial charge is 0.481 e. The molecule has 1 fully saturated rings. The smallest absolute Gasteiger partial charge is 0.305 e. The molecule has 2 rings (SSSR count). The molecule has 1 aliphatic heterocycles. The second-order valence-electron chi connectivity index (χ2n) is 4.53. The molecule has 2 amide bonds. The normalized spacial score (nSPS) is 18.5. The van der Waals surface area contributed by atoms with E-state index in [1.165, 1.54) is 4.90 Å². The van der Waals surface area contributed by atoms with Crippen LogP contribution in [0.4, 0.5) is 5.69 Å². The molecule has 7 heteroatoms. The van der Waals surface area contributed by atoms with Gasteiger partial charge in [-0.25, -0.2) is 0 Å². The molecular weight excluding hydrogens is 262 g/mol. The molecule has 1 heterocycles. The first-order valence-corrected chi connectivity index (χ1v) is 6.15. The van der Waals surface area contributed by atoms with E-state index in [4.69, 9.17) is 10.8 Å². The minimum Gasteiger partial charge on any atom is -0.481 e.